The second-order valence-electron chi connectivity index (χ2n) is 7.86. The van der Waals surface area contributed by atoms with Crippen molar-refractivity contribution in [1.82, 2.24) is 14.4 Å². The average molecular weight is 359 g/mol. The van der Waals surface area contributed by atoms with Gasteiger partial charge in [-0.3, -0.25) is 14.4 Å². The minimum atomic E-state index is -0.170. The van der Waals surface area contributed by atoms with Crippen molar-refractivity contribution in [3.05, 3.63) is 34.2 Å². The van der Waals surface area contributed by atoms with E-state index < -0.39 is 0 Å². The van der Waals surface area contributed by atoms with E-state index in [1.54, 1.807) is 19.3 Å². The van der Waals surface area contributed by atoms with Crippen LogP contribution >= 0.6 is 0 Å². The minimum Gasteiger partial charge on any atom is -0.342 e. The third-order valence-corrected chi connectivity index (χ3v) is 5.83. The summed E-state index contributed by atoms with van der Waals surface area (Å²) in [6, 6.07) is 3.13. The van der Waals surface area contributed by atoms with Crippen LogP contribution in [0.15, 0.2) is 23.1 Å². The molecule has 2 saturated heterocycles. The van der Waals surface area contributed by atoms with E-state index in [1.807, 2.05) is 9.80 Å². The van der Waals surface area contributed by atoms with Gasteiger partial charge in [-0.2, -0.15) is 0 Å². The molecule has 1 aromatic heterocycles. The summed E-state index contributed by atoms with van der Waals surface area (Å²) in [6.07, 6.45) is 7.19. The molecular formula is C20H29N3O3. The van der Waals surface area contributed by atoms with E-state index in [0.29, 0.717) is 18.5 Å². The number of carbonyl (C=O) groups is 2. The number of aryl methyl sites for hydroxylation is 1. The number of amides is 2. The number of hydrogen-bond acceptors (Lipinski definition) is 3. The lowest BCUT2D eigenvalue weighted by molar-refractivity contribution is -0.139. The molecule has 6 nitrogen and oxygen atoms in total. The van der Waals surface area contributed by atoms with E-state index in [1.165, 1.54) is 10.6 Å². The molecule has 142 valence electrons. The van der Waals surface area contributed by atoms with Gasteiger partial charge >= 0.3 is 0 Å². The summed E-state index contributed by atoms with van der Waals surface area (Å²) < 4.78 is 1.47. The van der Waals surface area contributed by atoms with Gasteiger partial charge in [0.25, 0.3) is 11.5 Å². The number of pyridine rings is 1. The third kappa shape index (κ3) is 3.84. The number of hydrogen-bond donors (Lipinski definition) is 0. The van der Waals surface area contributed by atoms with Gasteiger partial charge in [0.2, 0.25) is 5.91 Å². The van der Waals surface area contributed by atoms with Gasteiger partial charge < -0.3 is 14.4 Å². The predicted molar refractivity (Wildman–Crippen MR) is 100.0 cm³/mol. The van der Waals surface area contributed by atoms with Gasteiger partial charge in [0.1, 0.15) is 0 Å². The standard InChI is InChI=1S/C20H29N3O3/c1-3-4-10-22-14-20(9-6-17(22)24)8-5-11-23(15-20)19(26)16-7-12-21(2)18(25)13-16/h7,12-13H,3-6,8-11,14-15H2,1-2H3. The van der Waals surface area contributed by atoms with Gasteiger partial charge in [-0.05, 0) is 31.7 Å². The molecule has 0 radical (unpaired) electrons. The number of piperidine rings is 2. The first-order valence-corrected chi connectivity index (χ1v) is 9.68. The van der Waals surface area contributed by atoms with Gasteiger partial charge in [0.15, 0.2) is 0 Å². The van der Waals surface area contributed by atoms with E-state index in [9.17, 15) is 14.4 Å². The molecule has 1 unspecified atom stereocenters. The molecule has 0 bridgehead atoms. The monoisotopic (exact) mass is 359 g/mol. The summed E-state index contributed by atoms with van der Waals surface area (Å²) in [4.78, 5) is 40.9. The van der Waals surface area contributed by atoms with Crippen molar-refractivity contribution in [2.45, 2.75) is 45.4 Å². The molecule has 0 aromatic carbocycles. The zero-order valence-corrected chi connectivity index (χ0v) is 15.9. The van der Waals surface area contributed by atoms with Crippen molar-refractivity contribution in [2.75, 3.05) is 26.2 Å². The summed E-state index contributed by atoms with van der Waals surface area (Å²) in [5.74, 6) is 0.179. The first-order chi connectivity index (χ1) is 12.4. The molecule has 2 fully saturated rings. The summed E-state index contributed by atoms with van der Waals surface area (Å²) in [5.41, 5.74) is 0.298. The Morgan fingerprint density at radius 1 is 1.23 bits per heavy atom. The highest BCUT2D eigenvalue weighted by atomic mass is 16.2. The highest BCUT2D eigenvalue weighted by molar-refractivity contribution is 5.94. The maximum absolute atomic E-state index is 12.9. The average Bonchev–Trinajstić information content (AvgIpc) is 2.64. The van der Waals surface area contributed by atoms with Gasteiger partial charge in [-0.15, -0.1) is 0 Å². The molecule has 0 N–H and O–H groups in total. The van der Waals surface area contributed by atoms with Crippen LogP contribution in [0.5, 0.6) is 0 Å². The minimum absolute atomic E-state index is 0.00923. The fourth-order valence-electron chi connectivity index (χ4n) is 4.23. The summed E-state index contributed by atoms with van der Waals surface area (Å²) in [7, 11) is 1.68. The lowest BCUT2D eigenvalue weighted by atomic mass is 9.73. The smallest absolute Gasteiger partial charge is 0.254 e. The molecule has 1 atom stereocenters. The third-order valence-electron chi connectivity index (χ3n) is 5.83. The zero-order chi connectivity index (χ0) is 18.7. The van der Waals surface area contributed by atoms with Crippen LogP contribution in [0.25, 0.3) is 0 Å². The molecule has 26 heavy (non-hydrogen) atoms. The Balaban J connectivity index is 1.73. The molecule has 2 aliphatic heterocycles. The van der Waals surface area contributed by atoms with Gasteiger partial charge in [-0.1, -0.05) is 13.3 Å². The first kappa shape index (κ1) is 18.7. The van der Waals surface area contributed by atoms with Crippen molar-refractivity contribution in [3.8, 4) is 0 Å². The summed E-state index contributed by atoms with van der Waals surface area (Å²) in [6.45, 7) is 5.11. The van der Waals surface area contributed by atoms with E-state index in [0.717, 1.165) is 51.7 Å². The topological polar surface area (TPSA) is 62.6 Å². The Bertz CT molecular complexity index is 742. The van der Waals surface area contributed by atoms with Crippen LogP contribution in [0.2, 0.25) is 0 Å². The molecule has 2 amide bonds. The fraction of sp³-hybridized carbons (Fsp3) is 0.650. The second kappa shape index (κ2) is 7.64. The lowest BCUT2D eigenvalue weighted by Gasteiger charge is -2.48. The van der Waals surface area contributed by atoms with Crippen molar-refractivity contribution in [1.29, 1.82) is 0 Å². The molecule has 3 rings (SSSR count). The van der Waals surface area contributed by atoms with Gasteiger partial charge in [0, 0.05) is 62.9 Å². The van der Waals surface area contributed by atoms with Crippen molar-refractivity contribution in [2.24, 2.45) is 12.5 Å². The van der Waals surface area contributed by atoms with Crippen LogP contribution in [-0.2, 0) is 11.8 Å². The number of aromatic nitrogens is 1. The highest BCUT2D eigenvalue weighted by Gasteiger charge is 2.42. The van der Waals surface area contributed by atoms with Gasteiger partial charge in [0.05, 0.1) is 0 Å². The van der Waals surface area contributed by atoms with Crippen LogP contribution in [0.4, 0.5) is 0 Å². The molecule has 2 aliphatic rings. The second-order valence-corrected chi connectivity index (χ2v) is 7.86. The summed E-state index contributed by atoms with van der Waals surface area (Å²) in [5, 5.41) is 0. The Hall–Kier alpha value is -2.11. The van der Waals surface area contributed by atoms with E-state index in [2.05, 4.69) is 6.92 Å². The van der Waals surface area contributed by atoms with Crippen molar-refractivity contribution >= 4 is 11.8 Å². The quantitative estimate of drug-likeness (QED) is 0.826. The first-order valence-electron chi connectivity index (χ1n) is 9.68. The van der Waals surface area contributed by atoms with Crippen molar-refractivity contribution in [3.63, 3.8) is 0 Å². The number of rotatable bonds is 4. The van der Waals surface area contributed by atoms with Crippen molar-refractivity contribution < 1.29 is 9.59 Å². The van der Waals surface area contributed by atoms with Crippen LogP contribution in [0.1, 0.15) is 55.8 Å². The Morgan fingerprint density at radius 2 is 2.04 bits per heavy atom. The summed E-state index contributed by atoms with van der Waals surface area (Å²) >= 11 is 0. The molecule has 6 heteroatoms. The van der Waals surface area contributed by atoms with Crippen LogP contribution in [0.3, 0.4) is 0 Å². The number of likely N-dealkylation sites (tertiary alicyclic amines) is 2. The normalized spacial score (nSPS) is 23.5. The number of carbonyl (C=O) groups excluding carboxylic acids is 2. The Labute approximate surface area is 154 Å². The number of nitrogens with zero attached hydrogens (tertiary/aromatic N) is 3. The predicted octanol–water partition coefficient (Wildman–Crippen LogP) is 2.03. The van der Waals surface area contributed by atoms with Crippen LogP contribution in [-0.4, -0.2) is 52.4 Å². The van der Waals surface area contributed by atoms with Crippen LogP contribution in [0, 0.1) is 5.41 Å². The zero-order valence-electron chi connectivity index (χ0n) is 15.9. The molecule has 0 aliphatic carbocycles. The maximum atomic E-state index is 12.9. The van der Waals surface area contributed by atoms with Crippen LogP contribution < -0.4 is 5.56 Å². The molecule has 1 spiro atoms. The van der Waals surface area contributed by atoms with E-state index in [-0.39, 0.29) is 22.8 Å². The number of unbranched alkanes of at least 4 members (excludes halogenated alkanes) is 1. The molecular weight excluding hydrogens is 330 g/mol. The Kier molecular flexibility index (Phi) is 5.49. The van der Waals surface area contributed by atoms with Gasteiger partial charge in [-0.25, -0.2) is 0 Å². The fourth-order valence-corrected chi connectivity index (χ4v) is 4.23. The largest absolute Gasteiger partial charge is 0.342 e. The highest BCUT2D eigenvalue weighted by Crippen LogP contribution is 2.39. The SMILES string of the molecule is CCCCN1CC2(CCCN(C(=O)c3ccn(C)c(=O)c3)C2)CCC1=O. The molecule has 1 aromatic rings. The molecule has 0 saturated carbocycles. The maximum Gasteiger partial charge on any atom is 0.254 e. The lowest BCUT2D eigenvalue weighted by Crippen LogP contribution is -2.55. The Morgan fingerprint density at radius 3 is 2.77 bits per heavy atom. The molecule has 3 heterocycles. The van der Waals surface area contributed by atoms with E-state index >= 15 is 0 Å². The van der Waals surface area contributed by atoms with E-state index in [4.69, 9.17) is 0 Å².